The molecule has 0 bridgehead atoms. The van der Waals surface area contributed by atoms with Crippen LogP contribution in [0.5, 0.6) is 5.95 Å². The second kappa shape index (κ2) is 6.38. The van der Waals surface area contributed by atoms with E-state index in [1.165, 1.54) is 5.56 Å². The predicted octanol–water partition coefficient (Wildman–Crippen LogP) is 3.31. The minimum absolute atomic E-state index is 0.199. The van der Waals surface area contributed by atoms with Crippen LogP contribution in [0, 0.1) is 6.92 Å². The Hall–Kier alpha value is -1.81. The number of rotatable bonds is 6. The van der Waals surface area contributed by atoms with E-state index in [0.717, 1.165) is 12.1 Å². The van der Waals surface area contributed by atoms with Gasteiger partial charge in [0.2, 0.25) is 5.89 Å². The van der Waals surface area contributed by atoms with Gasteiger partial charge in [0.1, 0.15) is 11.8 Å². The molecule has 4 heteroatoms. The lowest BCUT2D eigenvalue weighted by Gasteiger charge is -2.11. The third-order valence-corrected chi connectivity index (χ3v) is 2.87. The van der Waals surface area contributed by atoms with Crippen LogP contribution < -0.4 is 4.74 Å². The highest BCUT2D eigenvalue weighted by molar-refractivity contribution is 5.19. The van der Waals surface area contributed by atoms with Crippen molar-refractivity contribution in [1.82, 2.24) is 4.98 Å². The van der Waals surface area contributed by atoms with Crippen molar-refractivity contribution in [2.75, 3.05) is 13.7 Å². The molecule has 2 aromatic rings. The van der Waals surface area contributed by atoms with Gasteiger partial charge in [0, 0.05) is 13.5 Å². The molecule has 0 aliphatic carbocycles. The number of oxazole rings is 1. The van der Waals surface area contributed by atoms with Crippen molar-refractivity contribution in [2.45, 2.75) is 26.4 Å². The maximum Gasteiger partial charge on any atom is 0.308 e. The molecule has 0 N–H and O–H groups in total. The molecule has 1 heterocycles. The zero-order valence-corrected chi connectivity index (χ0v) is 11.6. The molecule has 19 heavy (non-hydrogen) atoms. The van der Waals surface area contributed by atoms with E-state index < -0.39 is 0 Å². The highest BCUT2D eigenvalue weighted by Crippen LogP contribution is 2.27. The van der Waals surface area contributed by atoms with Crippen LogP contribution in [0.1, 0.15) is 30.2 Å². The van der Waals surface area contributed by atoms with Crippen LogP contribution in [0.15, 0.2) is 34.7 Å². The summed E-state index contributed by atoms with van der Waals surface area (Å²) in [5.74, 6) is 1.04. The molecule has 1 aromatic heterocycles. The van der Waals surface area contributed by atoms with Gasteiger partial charge in [-0.3, -0.25) is 0 Å². The standard InChI is InChI=1S/C15H19NO3/c1-4-18-15-11(2)16-14(19-15)13(17-3)10-12-8-6-5-7-9-12/h5-9,13H,4,10H2,1-3H3. The summed E-state index contributed by atoms with van der Waals surface area (Å²) in [7, 11) is 1.66. The Kier molecular flexibility index (Phi) is 4.58. The highest BCUT2D eigenvalue weighted by Gasteiger charge is 2.20. The van der Waals surface area contributed by atoms with E-state index in [-0.39, 0.29) is 6.10 Å². The number of nitrogens with zero attached hydrogens (tertiary/aromatic N) is 1. The van der Waals surface area contributed by atoms with E-state index in [0.29, 0.717) is 18.4 Å². The predicted molar refractivity (Wildman–Crippen MR) is 72.3 cm³/mol. The fraction of sp³-hybridized carbons (Fsp3) is 0.400. The van der Waals surface area contributed by atoms with E-state index in [1.54, 1.807) is 7.11 Å². The monoisotopic (exact) mass is 261 g/mol. The Bertz CT molecular complexity index is 507. The van der Waals surface area contributed by atoms with Gasteiger partial charge < -0.3 is 13.9 Å². The van der Waals surface area contributed by atoms with Gasteiger partial charge >= 0.3 is 5.95 Å². The molecule has 0 radical (unpaired) electrons. The Morgan fingerprint density at radius 1 is 1.26 bits per heavy atom. The molecular formula is C15H19NO3. The SMILES string of the molecule is CCOc1oc(C(Cc2ccccc2)OC)nc1C. The zero-order valence-electron chi connectivity index (χ0n) is 11.6. The molecule has 0 amide bonds. The van der Waals surface area contributed by atoms with Gasteiger partial charge in [0.25, 0.3) is 0 Å². The van der Waals surface area contributed by atoms with Crippen molar-refractivity contribution in [3.63, 3.8) is 0 Å². The fourth-order valence-corrected chi connectivity index (χ4v) is 1.90. The third kappa shape index (κ3) is 3.35. The van der Waals surface area contributed by atoms with E-state index in [2.05, 4.69) is 17.1 Å². The Balaban J connectivity index is 2.15. The molecule has 102 valence electrons. The van der Waals surface area contributed by atoms with E-state index in [1.807, 2.05) is 32.0 Å². The van der Waals surface area contributed by atoms with Gasteiger partial charge in [-0.25, -0.2) is 4.98 Å². The minimum atomic E-state index is -0.199. The first kappa shape index (κ1) is 13.6. The lowest BCUT2D eigenvalue weighted by atomic mass is 10.1. The van der Waals surface area contributed by atoms with Gasteiger partial charge in [-0.1, -0.05) is 30.3 Å². The lowest BCUT2D eigenvalue weighted by Crippen LogP contribution is -2.05. The smallest absolute Gasteiger partial charge is 0.308 e. The van der Waals surface area contributed by atoms with Gasteiger partial charge in [0.15, 0.2) is 0 Å². The number of benzene rings is 1. The van der Waals surface area contributed by atoms with Gasteiger partial charge in [-0.05, 0) is 19.4 Å². The molecule has 1 atom stereocenters. The summed E-state index contributed by atoms with van der Waals surface area (Å²) >= 11 is 0. The molecule has 0 saturated heterocycles. The largest absolute Gasteiger partial charge is 0.464 e. The van der Waals surface area contributed by atoms with Crippen molar-refractivity contribution >= 4 is 0 Å². The van der Waals surface area contributed by atoms with Crippen LogP contribution in [-0.2, 0) is 11.2 Å². The quantitative estimate of drug-likeness (QED) is 0.800. The number of hydrogen-bond acceptors (Lipinski definition) is 4. The van der Waals surface area contributed by atoms with Gasteiger partial charge in [-0.2, -0.15) is 0 Å². The van der Waals surface area contributed by atoms with Crippen molar-refractivity contribution in [3.05, 3.63) is 47.5 Å². The first-order chi connectivity index (χ1) is 9.24. The molecule has 0 saturated carbocycles. The number of aryl methyl sites for hydroxylation is 1. The molecule has 1 aromatic carbocycles. The molecular weight excluding hydrogens is 242 g/mol. The summed E-state index contributed by atoms with van der Waals surface area (Å²) in [6, 6.07) is 10.1. The maximum absolute atomic E-state index is 5.62. The summed E-state index contributed by atoms with van der Waals surface area (Å²) in [4.78, 5) is 4.38. The van der Waals surface area contributed by atoms with Crippen molar-refractivity contribution in [1.29, 1.82) is 0 Å². The Morgan fingerprint density at radius 3 is 2.63 bits per heavy atom. The van der Waals surface area contributed by atoms with Crippen molar-refractivity contribution in [2.24, 2.45) is 0 Å². The molecule has 0 aliphatic rings. The molecule has 4 nitrogen and oxygen atoms in total. The average molecular weight is 261 g/mol. The molecule has 0 fully saturated rings. The minimum Gasteiger partial charge on any atom is -0.464 e. The Labute approximate surface area is 113 Å². The van der Waals surface area contributed by atoms with E-state index in [9.17, 15) is 0 Å². The normalized spacial score (nSPS) is 12.4. The number of aromatic nitrogens is 1. The second-order valence-corrected chi connectivity index (χ2v) is 4.27. The lowest BCUT2D eigenvalue weighted by molar-refractivity contribution is 0.0751. The summed E-state index contributed by atoms with van der Waals surface area (Å²) in [6.07, 6.45) is 0.526. The summed E-state index contributed by atoms with van der Waals surface area (Å²) in [6.45, 7) is 4.35. The first-order valence-corrected chi connectivity index (χ1v) is 6.41. The molecule has 0 spiro atoms. The molecule has 2 rings (SSSR count). The maximum atomic E-state index is 5.62. The van der Waals surface area contributed by atoms with Crippen LogP contribution in [0.3, 0.4) is 0 Å². The summed E-state index contributed by atoms with van der Waals surface area (Å²) in [5.41, 5.74) is 1.94. The van der Waals surface area contributed by atoms with E-state index in [4.69, 9.17) is 13.9 Å². The topological polar surface area (TPSA) is 44.5 Å². The van der Waals surface area contributed by atoms with Gasteiger partial charge in [-0.15, -0.1) is 0 Å². The molecule has 1 unspecified atom stereocenters. The van der Waals surface area contributed by atoms with Gasteiger partial charge in [0.05, 0.1) is 6.61 Å². The molecule has 0 aliphatic heterocycles. The summed E-state index contributed by atoms with van der Waals surface area (Å²) < 4.78 is 16.5. The number of methoxy groups -OCH3 is 1. The van der Waals surface area contributed by atoms with Crippen molar-refractivity contribution in [3.8, 4) is 5.95 Å². The second-order valence-electron chi connectivity index (χ2n) is 4.27. The average Bonchev–Trinajstić information content (AvgIpc) is 2.79. The number of hydrogen-bond donors (Lipinski definition) is 0. The van der Waals surface area contributed by atoms with Crippen molar-refractivity contribution < 1.29 is 13.9 Å². The Morgan fingerprint density at radius 2 is 2.00 bits per heavy atom. The van der Waals surface area contributed by atoms with E-state index >= 15 is 0 Å². The van der Waals surface area contributed by atoms with Crippen LogP contribution in [0.25, 0.3) is 0 Å². The fourth-order valence-electron chi connectivity index (χ4n) is 1.90. The van der Waals surface area contributed by atoms with Crippen LogP contribution in [0.2, 0.25) is 0 Å². The zero-order chi connectivity index (χ0) is 13.7. The van der Waals surface area contributed by atoms with Crippen LogP contribution in [-0.4, -0.2) is 18.7 Å². The van der Waals surface area contributed by atoms with Crippen LogP contribution in [0.4, 0.5) is 0 Å². The number of ether oxygens (including phenoxy) is 2. The third-order valence-electron chi connectivity index (χ3n) is 2.87. The summed E-state index contributed by atoms with van der Waals surface area (Å²) in [5, 5.41) is 0. The highest BCUT2D eigenvalue weighted by atomic mass is 16.6. The first-order valence-electron chi connectivity index (χ1n) is 6.41. The van der Waals surface area contributed by atoms with Crippen LogP contribution >= 0.6 is 0 Å².